The van der Waals surface area contributed by atoms with Crippen molar-refractivity contribution in [3.05, 3.63) is 23.8 Å². The van der Waals surface area contributed by atoms with E-state index in [2.05, 4.69) is 6.92 Å². The zero-order chi connectivity index (χ0) is 20.4. The SMILES string of the molecule is CCCCCCC[C@H]1CC[C@H](C(=O)Oc2ccc(OCCC)c(F)c2F)CC1. The Morgan fingerprint density at radius 2 is 1.57 bits per heavy atom. The van der Waals surface area contributed by atoms with Gasteiger partial charge in [-0.3, -0.25) is 4.79 Å². The van der Waals surface area contributed by atoms with Crippen LogP contribution in [0.5, 0.6) is 11.5 Å². The molecule has 2 rings (SSSR count). The second kappa shape index (κ2) is 12.0. The zero-order valence-corrected chi connectivity index (χ0v) is 17.3. The van der Waals surface area contributed by atoms with Crippen molar-refractivity contribution in [2.45, 2.75) is 84.5 Å². The molecule has 0 aromatic heterocycles. The molecule has 0 spiro atoms. The number of unbranched alkanes of at least 4 members (excludes halogenated alkanes) is 4. The van der Waals surface area contributed by atoms with Crippen molar-refractivity contribution in [1.82, 2.24) is 0 Å². The van der Waals surface area contributed by atoms with Crippen LogP contribution in [-0.2, 0) is 4.79 Å². The molecule has 1 fully saturated rings. The molecule has 158 valence electrons. The second-order valence-electron chi connectivity index (χ2n) is 7.88. The van der Waals surface area contributed by atoms with Crippen LogP contribution < -0.4 is 9.47 Å². The van der Waals surface area contributed by atoms with E-state index in [1.165, 1.54) is 50.7 Å². The molecule has 0 aliphatic heterocycles. The van der Waals surface area contributed by atoms with Crippen LogP contribution in [0.2, 0.25) is 0 Å². The molecule has 0 bridgehead atoms. The maximum Gasteiger partial charge on any atom is 0.314 e. The fourth-order valence-electron chi connectivity index (χ4n) is 3.83. The van der Waals surface area contributed by atoms with E-state index in [1.54, 1.807) is 0 Å². The number of halogens is 2. The van der Waals surface area contributed by atoms with Gasteiger partial charge in [0, 0.05) is 0 Å². The number of benzene rings is 1. The highest BCUT2D eigenvalue weighted by atomic mass is 19.2. The third-order valence-electron chi connectivity index (χ3n) is 5.58. The molecule has 0 heterocycles. The van der Waals surface area contributed by atoms with Crippen LogP contribution in [-0.4, -0.2) is 12.6 Å². The Morgan fingerprint density at radius 1 is 0.929 bits per heavy atom. The maximum atomic E-state index is 14.2. The van der Waals surface area contributed by atoms with E-state index in [9.17, 15) is 13.6 Å². The highest BCUT2D eigenvalue weighted by Crippen LogP contribution is 2.34. The minimum atomic E-state index is -1.16. The normalized spacial score (nSPS) is 19.4. The molecule has 0 unspecified atom stereocenters. The molecule has 1 aromatic rings. The van der Waals surface area contributed by atoms with Crippen LogP contribution in [0.3, 0.4) is 0 Å². The largest absolute Gasteiger partial charge is 0.490 e. The van der Waals surface area contributed by atoms with Gasteiger partial charge in [-0.05, 0) is 50.2 Å². The van der Waals surface area contributed by atoms with Gasteiger partial charge in [-0.2, -0.15) is 8.78 Å². The topological polar surface area (TPSA) is 35.5 Å². The number of esters is 1. The lowest BCUT2D eigenvalue weighted by Crippen LogP contribution is -2.26. The highest BCUT2D eigenvalue weighted by Gasteiger charge is 2.28. The molecule has 3 nitrogen and oxygen atoms in total. The highest BCUT2D eigenvalue weighted by molar-refractivity contribution is 5.75. The predicted octanol–water partition coefficient (Wildman–Crippen LogP) is 6.83. The molecule has 1 aromatic carbocycles. The number of carbonyl (C=O) groups excluding carboxylic acids is 1. The average Bonchev–Trinajstić information content (AvgIpc) is 2.71. The number of rotatable bonds is 11. The van der Waals surface area contributed by atoms with Gasteiger partial charge >= 0.3 is 5.97 Å². The van der Waals surface area contributed by atoms with Crippen molar-refractivity contribution in [1.29, 1.82) is 0 Å². The molecular formula is C23H34F2O3. The van der Waals surface area contributed by atoms with Crippen molar-refractivity contribution >= 4 is 5.97 Å². The molecule has 1 aliphatic rings. The first kappa shape index (κ1) is 22.6. The standard InChI is InChI=1S/C23H34F2O3/c1-3-5-6-7-8-9-17-10-12-18(13-11-17)23(26)28-20-15-14-19(27-16-4-2)21(24)22(20)25/h14-15,17-18H,3-13,16H2,1-2H3/t17-,18-. The van der Waals surface area contributed by atoms with E-state index in [4.69, 9.17) is 9.47 Å². The van der Waals surface area contributed by atoms with E-state index in [0.29, 0.717) is 18.9 Å². The van der Waals surface area contributed by atoms with Crippen LogP contribution in [0.15, 0.2) is 12.1 Å². The summed E-state index contributed by atoms with van der Waals surface area (Å²) in [6.45, 7) is 4.40. The molecular weight excluding hydrogens is 362 g/mol. The van der Waals surface area contributed by atoms with Gasteiger partial charge in [0.15, 0.2) is 11.5 Å². The van der Waals surface area contributed by atoms with Gasteiger partial charge in [0.25, 0.3) is 0 Å². The first-order chi connectivity index (χ1) is 13.6. The third kappa shape index (κ3) is 6.75. The van der Waals surface area contributed by atoms with Crippen LogP contribution in [0, 0.1) is 23.5 Å². The number of hydrogen-bond acceptors (Lipinski definition) is 3. The summed E-state index contributed by atoms with van der Waals surface area (Å²) in [6.07, 6.45) is 11.9. The molecule has 5 heteroatoms. The fourth-order valence-corrected chi connectivity index (χ4v) is 3.83. The quantitative estimate of drug-likeness (QED) is 0.234. The Morgan fingerprint density at radius 3 is 2.25 bits per heavy atom. The van der Waals surface area contributed by atoms with Crippen molar-refractivity contribution < 1.29 is 23.0 Å². The summed E-state index contributed by atoms with van der Waals surface area (Å²) in [7, 11) is 0. The molecule has 0 atom stereocenters. The summed E-state index contributed by atoms with van der Waals surface area (Å²) in [5.74, 6) is -2.79. The van der Waals surface area contributed by atoms with Crippen molar-refractivity contribution in [3.63, 3.8) is 0 Å². The summed E-state index contributed by atoms with van der Waals surface area (Å²) in [6, 6.07) is 2.58. The number of ether oxygens (including phenoxy) is 2. The van der Waals surface area contributed by atoms with Crippen molar-refractivity contribution in [2.75, 3.05) is 6.61 Å². The van der Waals surface area contributed by atoms with E-state index in [0.717, 1.165) is 25.7 Å². The Kier molecular flexibility index (Phi) is 9.72. The van der Waals surface area contributed by atoms with Gasteiger partial charge in [-0.25, -0.2) is 0 Å². The number of carbonyl (C=O) groups is 1. The predicted molar refractivity (Wildman–Crippen MR) is 107 cm³/mol. The van der Waals surface area contributed by atoms with E-state index < -0.39 is 17.6 Å². The molecule has 0 radical (unpaired) electrons. The van der Waals surface area contributed by atoms with E-state index in [-0.39, 0.29) is 17.4 Å². The van der Waals surface area contributed by atoms with Gasteiger partial charge in [-0.1, -0.05) is 52.4 Å². The van der Waals surface area contributed by atoms with Gasteiger partial charge < -0.3 is 9.47 Å². The number of hydrogen-bond donors (Lipinski definition) is 0. The molecule has 1 saturated carbocycles. The summed E-state index contributed by atoms with van der Waals surface area (Å²) in [5.41, 5.74) is 0. The Bertz CT molecular complexity index is 610. The summed E-state index contributed by atoms with van der Waals surface area (Å²) in [5, 5.41) is 0. The third-order valence-corrected chi connectivity index (χ3v) is 5.58. The molecule has 0 saturated heterocycles. The maximum absolute atomic E-state index is 14.2. The van der Waals surface area contributed by atoms with Gasteiger partial charge in [-0.15, -0.1) is 0 Å². The summed E-state index contributed by atoms with van der Waals surface area (Å²) in [4.78, 5) is 12.4. The van der Waals surface area contributed by atoms with Crippen molar-refractivity contribution in [3.8, 4) is 11.5 Å². The van der Waals surface area contributed by atoms with E-state index in [1.807, 2.05) is 6.92 Å². The smallest absolute Gasteiger partial charge is 0.314 e. The zero-order valence-electron chi connectivity index (χ0n) is 17.3. The lowest BCUT2D eigenvalue weighted by atomic mass is 9.80. The first-order valence-electron chi connectivity index (χ1n) is 10.9. The Labute approximate surface area is 167 Å². The van der Waals surface area contributed by atoms with Crippen LogP contribution >= 0.6 is 0 Å². The first-order valence-corrected chi connectivity index (χ1v) is 10.9. The van der Waals surface area contributed by atoms with Gasteiger partial charge in [0.05, 0.1) is 12.5 Å². The summed E-state index contributed by atoms with van der Waals surface area (Å²) < 4.78 is 38.5. The van der Waals surface area contributed by atoms with Crippen molar-refractivity contribution in [2.24, 2.45) is 11.8 Å². The van der Waals surface area contributed by atoms with Crippen LogP contribution in [0.25, 0.3) is 0 Å². The Balaban J connectivity index is 1.79. The van der Waals surface area contributed by atoms with Crippen LogP contribution in [0.1, 0.15) is 84.5 Å². The fraction of sp³-hybridized carbons (Fsp3) is 0.696. The summed E-state index contributed by atoms with van der Waals surface area (Å²) >= 11 is 0. The van der Waals surface area contributed by atoms with Crippen LogP contribution in [0.4, 0.5) is 8.78 Å². The average molecular weight is 397 g/mol. The van der Waals surface area contributed by atoms with Gasteiger partial charge in [0.2, 0.25) is 11.6 Å². The molecule has 0 amide bonds. The molecule has 28 heavy (non-hydrogen) atoms. The minimum absolute atomic E-state index is 0.154. The molecule has 0 N–H and O–H groups in total. The lowest BCUT2D eigenvalue weighted by Gasteiger charge is -2.27. The lowest BCUT2D eigenvalue weighted by molar-refractivity contribution is -0.140. The van der Waals surface area contributed by atoms with Gasteiger partial charge in [0.1, 0.15) is 0 Å². The second-order valence-corrected chi connectivity index (χ2v) is 7.88. The minimum Gasteiger partial charge on any atom is -0.490 e. The van der Waals surface area contributed by atoms with E-state index >= 15 is 0 Å². The molecule has 1 aliphatic carbocycles. The monoisotopic (exact) mass is 396 g/mol. The Hall–Kier alpha value is -1.65.